The molecule has 2 atom stereocenters. The number of ether oxygens (including phenoxy) is 1. The predicted molar refractivity (Wildman–Crippen MR) is 124 cm³/mol. The van der Waals surface area contributed by atoms with E-state index in [9.17, 15) is 14.7 Å². The number of fused-ring (bicyclic) bond motifs is 1. The summed E-state index contributed by atoms with van der Waals surface area (Å²) in [7, 11) is 0. The molecule has 2 aromatic carbocycles. The summed E-state index contributed by atoms with van der Waals surface area (Å²) in [5, 5.41) is 9.93. The summed E-state index contributed by atoms with van der Waals surface area (Å²) < 4.78 is 5.31. The van der Waals surface area contributed by atoms with Gasteiger partial charge in [0.2, 0.25) is 5.91 Å². The van der Waals surface area contributed by atoms with Crippen molar-refractivity contribution in [1.82, 2.24) is 14.7 Å². The van der Waals surface area contributed by atoms with Crippen molar-refractivity contribution >= 4 is 12.0 Å². The van der Waals surface area contributed by atoms with E-state index in [1.807, 2.05) is 48.2 Å². The van der Waals surface area contributed by atoms with E-state index in [2.05, 4.69) is 29.2 Å². The van der Waals surface area contributed by atoms with E-state index in [4.69, 9.17) is 4.74 Å². The number of benzene rings is 2. The summed E-state index contributed by atoms with van der Waals surface area (Å²) >= 11 is 0. The van der Waals surface area contributed by atoms with Crippen molar-refractivity contribution in [1.29, 1.82) is 0 Å². The molecule has 0 aromatic heterocycles. The topological polar surface area (TPSA) is 73.3 Å². The molecule has 0 bridgehead atoms. The summed E-state index contributed by atoms with van der Waals surface area (Å²) in [4.78, 5) is 31.2. The van der Waals surface area contributed by atoms with Crippen molar-refractivity contribution in [2.24, 2.45) is 5.41 Å². The Morgan fingerprint density at radius 1 is 0.909 bits per heavy atom. The van der Waals surface area contributed by atoms with E-state index in [0.717, 1.165) is 6.54 Å². The van der Waals surface area contributed by atoms with Gasteiger partial charge in [-0.05, 0) is 18.1 Å². The van der Waals surface area contributed by atoms with Crippen molar-refractivity contribution in [2.45, 2.75) is 24.9 Å². The van der Waals surface area contributed by atoms with E-state index in [1.54, 1.807) is 0 Å². The number of carbonyl (C=O) groups excluding carboxylic acids is 1. The van der Waals surface area contributed by atoms with Gasteiger partial charge < -0.3 is 19.6 Å². The minimum atomic E-state index is -0.901. The van der Waals surface area contributed by atoms with Crippen LogP contribution in [0.1, 0.15) is 24.0 Å². The Hall–Kier alpha value is -2.90. The number of carbonyl (C=O) groups is 2. The number of hydrogen-bond acceptors (Lipinski definition) is 4. The lowest BCUT2D eigenvalue weighted by atomic mass is 9.81. The smallest absolute Gasteiger partial charge is 0.407 e. The first-order valence-electron chi connectivity index (χ1n) is 11.7. The van der Waals surface area contributed by atoms with Gasteiger partial charge in [-0.15, -0.1) is 0 Å². The Balaban J connectivity index is 1.47. The molecule has 0 spiro atoms. The average Bonchev–Trinajstić information content (AvgIpc) is 2.83. The molecule has 3 saturated heterocycles. The quantitative estimate of drug-likeness (QED) is 0.777. The van der Waals surface area contributed by atoms with Gasteiger partial charge in [0.05, 0.1) is 18.6 Å². The third kappa shape index (κ3) is 4.11. The Labute approximate surface area is 194 Å². The Kier molecular flexibility index (Phi) is 5.85. The molecule has 3 heterocycles. The van der Waals surface area contributed by atoms with E-state index >= 15 is 0 Å². The molecule has 7 heteroatoms. The number of carboxylic acid groups (broad SMARTS) is 1. The maximum absolute atomic E-state index is 13.1. The van der Waals surface area contributed by atoms with Crippen molar-refractivity contribution in [2.75, 3.05) is 45.9 Å². The second-order valence-electron chi connectivity index (χ2n) is 9.75. The van der Waals surface area contributed by atoms with Crippen LogP contribution in [0.3, 0.4) is 0 Å². The standard InChI is InChI=1S/C26H31N3O4/c1-26(17-33-18-26)24(30)27-12-13-29-21(14-27)15-28(25(31)32)16-22(29)23(19-8-4-2-5-9-19)20-10-6-3-7-11-20/h2-11,21-23H,12-18H2,1H3,(H,31,32)/t21-,22?/m0/s1. The monoisotopic (exact) mass is 449 g/mol. The van der Waals surface area contributed by atoms with Crippen molar-refractivity contribution in [3.8, 4) is 0 Å². The number of rotatable bonds is 4. The lowest BCUT2D eigenvalue weighted by Gasteiger charge is -2.54. The zero-order chi connectivity index (χ0) is 23.0. The predicted octanol–water partition coefficient (Wildman–Crippen LogP) is 2.73. The molecule has 3 aliphatic rings. The number of nitrogens with zero attached hydrogens (tertiary/aromatic N) is 3. The fourth-order valence-corrected chi connectivity index (χ4v) is 5.64. The van der Waals surface area contributed by atoms with Gasteiger partial charge in [0.15, 0.2) is 0 Å². The van der Waals surface area contributed by atoms with Gasteiger partial charge in [-0.25, -0.2) is 4.79 Å². The maximum atomic E-state index is 13.1. The van der Waals surface area contributed by atoms with Gasteiger partial charge in [-0.2, -0.15) is 0 Å². The van der Waals surface area contributed by atoms with Crippen LogP contribution in [0.4, 0.5) is 4.79 Å². The molecular formula is C26H31N3O4. The third-order valence-corrected chi connectivity index (χ3v) is 7.41. The van der Waals surface area contributed by atoms with E-state index in [1.165, 1.54) is 16.0 Å². The van der Waals surface area contributed by atoms with Crippen LogP contribution in [-0.4, -0.2) is 89.8 Å². The molecule has 7 nitrogen and oxygen atoms in total. The second-order valence-corrected chi connectivity index (χ2v) is 9.75. The summed E-state index contributed by atoms with van der Waals surface area (Å²) in [6.07, 6.45) is -0.901. The van der Waals surface area contributed by atoms with Gasteiger partial charge in [0.25, 0.3) is 0 Å². The molecule has 3 fully saturated rings. The number of piperazine rings is 2. The lowest BCUT2D eigenvalue weighted by Crippen LogP contribution is -2.69. The van der Waals surface area contributed by atoms with E-state index < -0.39 is 11.5 Å². The first-order chi connectivity index (χ1) is 16.0. The first-order valence-corrected chi connectivity index (χ1v) is 11.7. The van der Waals surface area contributed by atoms with Crippen LogP contribution in [0.25, 0.3) is 0 Å². The largest absolute Gasteiger partial charge is 0.465 e. The van der Waals surface area contributed by atoms with Crippen LogP contribution in [0.15, 0.2) is 60.7 Å². The lowest BCUT2D eigenvalue weighted by molar-refractivity contribution is -0.172. The van der Waals surface area contributed by atoms with Gasteiger partial charge in [-0.3, -0.25) is 9.69 Å². The minimum absolute atomic E-state index is 0.00970. The van der Waals surface area contributed by atoms with Crippen molar-refractivity contribution < 1.29 is 19.4 Å². The Morgan fingerprint density at radius 3 is 2.00 bits per heavy atom. The summed E-state index contributed by atoms with van der Waals surface area (Å²) in [5.74, 6) is 0.164. The normalized spacial score (nSPS) is 24.8. The molecule has 1 N–H and O–H groups in total. The first kappa shape index (κ1) is 21.9. The summed E-state index contributed by atoms with van der Waals surface area (Å²) in [5.41, 5.74) is 1.91. The van der Waals surface area contributed by atoms with Crippen molar-refractivity contribution in [3.05, 3.63) is 71.8 Å². The summed E-state index contributed by atoms with van der Waals surface area (Å²) in [6.45, 7) is 5.69. The molecule has 174 valence electrons. The minimum Gasteiger partial charge on any atom is -0.465 e. The Bertz CT molecular complexity index is 956. The fraction of sp³-hybridized carbons (Fsp3) is 0.462. The molecule has 0 aliphatic carbocycles. The second kappa shape index (κ2) is 8.80. The highest BCUT2D eigenvalue weighted by Gasteiger charge is 2.48. The van der Waals surface area contributed by atoms with Gasteiger partial charge in [0, 0.05) is 50.7 Å². The van der Waals surface area contributed by atoms with Crippen LogP contribution in [0.2, 0.25) is 0 Å². The average molecular weight is 450 g/mol. The zero-order valence-electron chi connectivity index (χ0n) is 19.0. The molecule has 33 heavy (non-hydrogen) atoms. The number of amides is 2. The zero-order valence-corrected chi connectivity index (χ0v) is 19.0. The molecule has 3 aliphatic heterocycles. The third-order valence-electron chi connectivity index (χ3n) is 7.41. The highest BCUT2D eigenvalue weighted by molar-refractivity contribution is 5.83. The van der Waals surface area contributed by atoms with Crippen LogP contribution in [-0.2, 0) is 9.53 Å². The maximum Gasteiger partial charge on any atom is 0.407 e. The Morgan fingerprint density at radius 2 is 1.48 bits per heavy atom. The molecular weight excluding hydrogens is 418 g/mol. The summed E-state index contributed by atoms with van der Waals surface area (Å²) in [6, 6.07) is 20.7. The van der Waals surface area contributed by atoms with Gasteiger partial charge in [-0.1, -0.05) is 60.7 Å². The van der Waals surface area contributed by atoms with Crippen LogP contribution < -0.4 is 0 Å². The van der Waals surface area contributed by atoms with E-state index in [0.29, 0.717) is 39.4 Å². The van der Waals surface area contributed by atoms with Crippen LogP contribution >= 0.6 is 0 Å². The molecule has 2 amide bonds. The number of hydrogen-bond donors (Lipinski definition) is 1. The fourth-order valence-electron chi connectivity index (χ4n) is 5.64. The van der Waals surface area contributed by atoms with Gasteiger partial charge in [0.1, 0.15) is 0 Å². The van der Waals surface area contributed by atoms with Gasteiger partial charge >= 0.3 is 6.09 Å². The molecule has 0 saturated carbocycles. The van der Waals surface area contributed by atoms with Crippen molar-refractivity contribution in [3.63, 3.8) is 0 Å². The molecule has 0 radical (unpaired) electrons. The molecule has 5 rings (SSSR count). The molecule has 1 unspecified atom stereocenters. The van der Waals surface area contributed by atoms with E-state index in [-0.39, 0.29) is 23.9 Å². The van der Waals surface area contributed by atoms with Crippen LogP contribution in [0.5, 0.6) is 0 Å². The van der Waals surface area contributed by atoms with Crippen LogP contribution in [0, 0.1) is 5.41 Å². The molecule has 2 aromatic rings. The highest BCUT2D eigenvalue weighted by atomic mass is 16.5. The highest BCUT2D eigenvalue weighted by Crippen LogP contribution is 2.37. The SMILES string of the molecule is CC1(C(=O)N2CCN3C(C(c4ccccc4)c4ccccc4)CN(C(=O)O)C[C@@H]3C2)COC1.